The number of aromatic nitrogens is 1. The summed E-state index contributed by atoms with van der Waals surface area (Å²) >= 11 is 5.91. The van der Waals surface area contributed by atoms with E-state index in [9.17, 15) is 0 Å². The third-order valence-electron chi connectivity index (χ3n) is 3.35. The molecule has 1 heterocycles. The van der Waals surface area contributed by atoms with Gasteiger partial charge in [0.15, 0.2) is 11.7 Å². The molecule has 5 nitrogen and oxygen atoms in total. The SMILES string of the molecule is CCc1cc(CNC(=NC)NC(C)c2ccc(Cl)cc2)on1. The van der Waals surface area contributed by atoms with E-state index in [4.69, 9.17) is 16.1 Å². The molecule has 2 aromatic rings. The van der Waals surface area contributed by atoms with Gasteiger partial charge >= 0.3 is 0 Å². The number of nitrogens with zero attached hydrogens (tertiary/aromatic N) is 2. The van der Waals surface area contributed by atoms with Crippen molar-refractivity contribution in [3.63, 3.8) is 0 Å². The minimum Gasteiger partial charge on any atom is -0.359 e. The van der Waals surface area contributed by atoms with Gasteiger partial charge in [0.1, 0.15) is 0 Å². The number of guanidine groups is 1. The predicted octanol–water partition coefficient (Wildman–Crippen LogP) is 3.32. The summed E-state index contributed by atoms with van der Waals surface area (Å²) in [5.41, 5.74) is 2.09. The van der Waals surface area contributed by atoms with Gasteiger partial charge in [0.25, 0.3) is 0 Å². The van der Waals surface area contributed by atoms with Crippen molar-refractivity contribution < 1.29 is 4.52 Å². The monoisotopic (exact) mass is 320 g/mol. The number of hydrogen-bond acceptors (Lipinski definition) is 3. The smallest absolute Gasteiger partial charge is 0.191 e. The molecule has 0 fully saturated rings. The summed E-state index contributed by atoms with van der Waals surface area (Å²) in [6.07, 6.45) is 0.865. The topological polar surface area (TPSA) is 62.5 Å². The normalized spacial score (nSPS) is 13.0. The minimum atomic E-state index is 0.115. The van der Waals surface area contributed by atoms with Crippen LogP contribution in [0.25, 0.3) is 0 Å². The third kappa shape index (κ3) is 4.49. The maximum Gasteiger partial charge on any atom is 0.191 e. The predicted molar refractivity (Wildman–Crippen MR) is 89.1 cm³/mol. The Balaban J connectivity index is 1.90. The summed E-state index contributed by atoms with van der Waals surface area (Å²) in [4.78, 5) is 4.22. The lowest BCUT2D eigenvalue weighted by molar-refractivity contribution is 0.374. The second-order valence-corrected chi connectivity index (χ2v) is 5.42. The molecule has 0 saturated heterocycles. The minimum absolute atomic E-state index is 0.115. The molecule has 1 aromatic carbocycles. The zero-order valence-corrected chi connectivity index (χ0v) is 13.8. The zero-order valence-electron chi connectivity index (χ0n) is 13.1. The van der Waals surface area contributed by atoms with Crippen molar-refractivity contribution in [3.05, 3.63) is 52.4 Å². The van der Waals surface area contributed by atoms with E-state index in [1.54, 1.807) is 7.05 Å². The van der Waals surface area contributed by atoms with Crippen molar-refractivity contribution in [2.75, 3.05) is 7.05 Å². The van der Waals surface area contributed by atoms with Crippen molar-refractivity contribution in [1.82, 2.24) is 15.8 Å². The molecule has 22 heavy (non-hydrogen) atoms. The van der Waals surface area contributed by atoms with Crippen LogP contribution in [0.5, 0.6) is 0 Å². The Labute approximate surface area is 135 Å². The molecule has 0 aliphatic carbocycles. The maximum absolute atomic E-state index is 5.91. The Bertz CT molecular complexity index is 621. The number of hydrogen-bond donors (Lipinski definition) is 2. The van der Waals surface area contributed by atoms with Crippen LogP contribution < -0.4 is 10.6 Å². The highest BCUT2D eigenvalue weighted by molar-refractivity contribution is 6.30. The summed E-state index contributed by atoms with van der Waals surface area (Å²) in [7, 11) is 1.74. The Morgan fingerprint density at radius 3 is 2.68 bits per heavy atom. The van der Waals surface area contributed by atoms with Gasteiger partial charge in [-0.05, 0) is 31.0 Å². The molecule has 1 unspecified atom stereocenters. The van der Waals surface area contributed by atoms with Crippen LogP contribution in [0.2, 0.25) is 5.02 Å². The first-order valence-corrected chi connectivity index (χ1v) is 7.67. The molecule has 118 valence electrons. The molecule has 0 aliphatic heterocycles. The zero-order chi connectivity index (χ0) is 15.9. The van der Waals surface area contributed by atoms with Gasteiger partial charge < -0.3 is 15.2 Å². The molecule has 0 amide bonds. The molecule has 6 heteroatoms. The van der Waals surface area contributed by atoms with Gasteiger partial charge in [-0.25, -0.2) is 0 Å². The van der Waals surface area contributed by atoms with E-state index < -0.39 is 0 Å². The lowest BCUT2D eigenvalue weighted by atomic mass is 10.1. The molecule has 1 aromatic heterocycles. The Morgan fingerprint density at radius 2 is 2.09 bits per heavy atom. The second kappa shape index (κ2) is 7.84. The molecule has 0 radical (unpaired) electrons. The first kappa shape index (κ1) is 16.4. The van der Waals surface area contributed by atoms with Crippen LogP contribution in [0.1, 0.15) is 36.9 Å². The van der Waals surface area contributed by atoms with Crippen molar-refractivity contribution in [3.8, 4) is 0 Å². The van der Waals surface area contributed by atoms with Gasteiger partial charge in [0.2, 0.25) is 0 Å². The summed E-state index contributed by atoms with van der Waals surface area (Å²) in [6, 6.07) is 9.82. The van der Waals surface area contributed by atoms with Crippen LogP contribution in [-0.2, 0) is 13.0 Å². The molecule has 0 spiro atoms. The number of benzene rings is 1. The highest BCUT2D eigenvalue weighted by atomic mass is 35.5. The highest BCUT2D eigenvalue weighted by Crippen LogP contribution is 2.15. The molecule has 0 saturated carbocycles. The molecule has 0 bridgehead atoms. The molecular weight excluding hydrogens is 300 g/mol. The summed E-state index contributed by atoms with van der Waals surface area (Å²) in [5.74, 6) is 1.50. The van der Waals surface area contributed by atoms with E-state index in [1.165, 1.54) is 0 Å². The van der Waals surface area contributed by atoms with Gasteiger partial charge in [-0.1, -0.05) is 35.8 Å². The first-order chi connectivity index (χ1) is 10.6. The first-order valence-electron chi connectivity index (χ1n) is 7.29. The van der Waals surface area contributed by atoms with Crippen molar-refractivity contribution in [2.45, 2.75) is 32.9 Å². The maximum atomic E-state index is 5.91. The van der Waals surface area contributed by atoms with E-state index in [-0.39, 0.29) is 6.04 Å². The highest BCUT2D eigenvalue weighted by Gasteiger charge is 2.09. The number of aliphatic imine (C=N–C) groups is 1. The quantitative estimate of drug-likeness (QED) is 0.655. The van der Waals surface area contributed by atoms with Crippen LogP contribution >= 0.6 is 11.6 Å². The van der Waals surface area contributed by atoms with Crippen molar-refractivity contribution in [1.29, 1.82) is 0 Å². The van der Waals surface area contributed by atoms with Gasteiger partial charge in [0, 0.05) is 18.1 Å². The standard InChI is InChI=1S/C16H21ClN4O/c1-4-14-9-15(22-21-14)10-19-16(18-3)20-11(2)12-5-7-13(17)8-6-12/h5-9,11H,4,10H2,1-3H3,(H2,18,19,20). The number of rotatable bonds is 5. The molecular formula is C16H21ClN4O. The van der Waals surface area contributed by atoms with E-state index >= 15 is 0 Å². The summed E-state index contributed by atoms with van der Waals surface area (Å²) in [5, 5.41) is 11.2. The summed E-state index contributed by atoms with van der Waals surface area (Å²) < 4.78 is 5.24. The second-order valence-electron chi connectivity index (χ2n) is 4.98. The molecule has 1 atom stereocenters. The van der Waals surface area contributed by atoms with Crippen LogP contribution in [0.4, 0.5) is 0 Å². The lowest BCUT2D eigenvalue weighted by Gasteiger charge is -2.17. The van der Waals surface area contributed by atoms with Gasteiger partial charge in [-0.15, -0.1) is 0 Å². The van der Waals surface area contributed by atoms with E-state index in [1.807, 2.05) is 37.3 Å². The van der Waals surface area contributed by atoms with E-state index in [0.717, 1.165) is 28.5 Å². The Morgan fingerprint density at radius 1 is 1.36 bits per heavy atom. The van der Waals surface area contributed by atoms with Crippen molar-refractivity contribution >= 4 is 17.6 Å². The van der Waals surface area contributed by atoms with Crippen LogP contribution in [0.3, 0.4) is 0 Å². The Kier molecular flexibility index (Phi) is 5.83. The Hall–Kier alpha value is -2.01. The van der Waals surface area contributed by atoms with Gasteiger partial charge in [-0.2, -0.15) is 0 Å². The van der Waals surface area contributed by atoms with Gasteiger partial charge in [0.05, 0.1) is 18.3 Å². The fraction of sp³-hybridized carbons (Fsp3) is 0.375. The average molecular weight is 321 g/mol. The molecule has 0 aliphatic rings. The lowest BCUT2D eigenvalue weighted by Crippen LogP contribution is -2.38. The number of nitrogens with one attached hydrogen (secondary N) is 2. The average Bonchev–Trinajstić information content (AvgIpc) is 3.00. The molecule has 2 rings (SSSR count). The fourth-order valence-electron chi connectivity index (χ4n) is 2.01. The van der Waals surface area contributed by atoms with E-state index in [2.05, 4.69) is 27.7 Å². The third-order valence-corrected chi connectivity index (χ3v) is 3.60. The van der Waals surface area contributed by atoms with Crippen LogP contribution in [0.15, 0.2) is 39.8 Å². The van der Waals surface area contributed by atoms with Crippen LogP contribution in [-0.4, -0.2) is 18.2 Å². The summed E-state index contributed by atoms with van der Waals surface area (Å²) in [6.45, 7) is 4.66. The largest absolute Gasteiger partial charge is 0.359 e. The van der Waals surface area contributed by atoms with Crippen molar-refractivity contribution in [2.24, 2.45) is 4.99 Å². The van der Waals surface area contributed by atoms with Crippen LogP contribution in [0, 0.1) is 0 Å². The molecule has 2 N–H and O–H groups in total. The number of aryl methyl sites for hydroxylation is 1. The number of halogens is 1. The fourth-order valence-corrected chi connectivity index (χ4v) is 2.14. The van der Waals surface area contributed by atoms with E-state index in [0.29, 0.717) is 12.5 Å². The van der Waals surface area contributed by atoms with Gasteiger partial charge in [-0.3, -0.25) is 4.99 Å².